The first-order chi connectivity index (χ1) is 34.4. The second-order valence-electron chi connectivity index (χ2n) is 20.8. The Hall–Kier alpha value is -6.21. The molecule has 1 aromatic heterocycles. The van der Waals surface area contributed by atoms with Gasteiger partial charge in [-0.15, -0.1) is 0 Å². The van der Waals surface area contributed by atoms with Gasteiger partial charge in [-0.2, -0.15) is 0 Å². The van der Waals surface area contributed by atoms with Crippen LogP contribution in [0.1, 0.15) is 130 Å². The number of carboxylic acid groups (broad SMARTS) is 1. The van der Waals surface area contributed by atoms with E-state index in [1.54, 1.807) is 26.1 Å². The molecule has 6 unspecified atom stereocenters. The molecule has 19 heteroatoms. The Bertz CT molecular complexity index is 2360. The fourth-order valence-electron chi connectivity index (χ4n) is 9.20. The third-order valence-electron chi connectivity index (χ3n) is 13.5. The quantitative estimate of drug-likeness (QED) is 0.0455. The Labute approximate surface area is 428 Å². The van der Waals surface area contributed by atoms with Gasteiger partial charge in [-0.3, -0.25) is 28.8 Å². The normalized spacial score (nSPS) is 16.8. The molecule has 0 bridgehead atoms. The van der Waals surface area contributed by atoms with Crippen molar-refractivity contribution in [1.29, 1.82) is 0 Å². The molecule has 0 aliphatic carbocycles. The molecule has 8 N–H and O–H groups in total. The number of aliphatic hydroxyl groups excluding tert-OH is 1. The van der Waals surface area contributed by atoms with Gasteiger partial charge in [0.1, 0.15) is 36.4 Å². The standard InChI is InChI=1S/C54H78F2N8O9/c1-33(2)48(61-45(66)20-13-10-16-25-63-36(5)34(3)27-46(63)67)52(71)59-35(4)50(69)60-43(53(72)73)19-14-15-24-58-51(70)42(57)23-26-64(47(68)32-65)49(54(6,7)8)44-28-38(40-29-39(55)21-22-41(40)56)31-62(44)30-37-17-11-9-12-18-37/h9,11-12,17-18,21-22,28-29,31,33-36,42-43,48-49,65H,10,13-16,19-20,23-27,30,32,57H2,1-8H3,(H,58,70)(H,59,71)(H,60,69)(H,61,66)(H,72,73)/t34?,35?,36?,42?,43?,48-,49?/m0/s1. The number of likely N-dealkylation sites (tertiary alicyclic amines) is 1. The van der Waals surface area contributed by atoms with Crippen molar-refractivity contribution in [2.75, 3.05) is 26.2 Å². The molecule has 2 heterocycles. The van der Waals surface area contributed by atoms with Crippen molar-refractivity contribution in [3.8, 4) is 11.1 Å². The molecule has 1 saturated heterocycles. The molecule has 1 aliphatic heterocycles. The van der Waals surface area contributed by atoms with E-state index in [1.807, 2.05) is 67.5 Å². The monoisotopic (exact) mass is 1020 g/mol. The van der Waals surface area contributed by atoms with E-state index in [0.717, 1.165) is 36.6 Å². The highest BCUT2D eigenvalue weighted by atomic mass is 19.1. The zero-order chi connectivity index (χ0) is 54.2. The maximum Gasteiger partial charge on any atom is 0.326 e. The van der Waals surface area contributed by atoms with Crippen molar-refractivity contribution >= 4 is 41.4 Å². The van der Waals surface area contributed by atoms with Gasteiger partial charge in [0.05, 0.1) is 12.1 Å². The summed E-state index contributed by atoms with van der Waals surface area (Å²) in [6.45, 7) is 15.0. The number of aromatic nitrogens is 1. The van der Waals surface area contributed by atoms with Crippen LogP contribution < -0.4 is 27.0 Å². The number of nitrogens with one attached hydrogen (secondary N) is 4. The number of unbranched alkanes of at least 4 members (excludes halogenated alkanes) is 3. The Morgan fingerprint density at radius 1 is 0.863 bits per heavy atom. The summed E-state index contributed by atoms with van der Waals surface area (Å²) < 4.78 is 31.4. The van der Waals surface area contributed by atoms with E-state index in [9.17, 15) is 48.2 Å². The number of nitrogens with zero attached hydrogens (tertiary/aromatic N) is 3. The minimum absolute atomic E-state index is 0.00676. The Balaban J connectivity index is 1.27. The van der Waals surface area contributed by atoms with Crippen molar-refractivity contribution in [3.05, 3.63) is 83.7 Å². The highest BCUT2D eigenvalue weighted by molar-refractivity contribution is 5.93. The topological polar surface area (TPSA) is 246 Å². The Kier molecular flexibility index (Phi) is 22.5. The highest BCUT2D eigenvalue weighted by Crippen LogP contribution is 2.41. The number of carbonyl (C=O) groups is 7. The summed E-state index contributed by atoms with van der Waals surface area (Å²) in [5.74, 6) is -5.18. The number of amides is 6. The van der Waals surface area contributed by atoms with Crippen LogP contribution in [0.2, 0.25) is 0 Å². The number of rotatable bonds is 28. The molecule has 73 heavy (non-hydrogen) atoms. The summed E-state index contributed by atoms with van der Waals surface area (Å²) in [5.41, 5.74) is 7.58. The number of carboxylic acids is 1. The van der Waals surface area contributed by atoms with Crippen LogP contribution in [0.25, 0.3) is 11.1 Å². The van der Waals surface area contributed by atoms with Crippen LogP contribution >= 0.6 is 0 Å². The molecular formula is C54H78F2N8O9. The number of hydrogen-bond donors (Lipinski definition) is 7. The number of carbonyl (C=O) groups excluding carboxylic acids is 6. The molecule has 6 amide bonds. The van der Waals surface area contributed by atoms with E-state index in [-0.39, 0.29) is 68.1 Å². The van der Waals surface area contributed by atoms with E-state index < -0.39 is 83.5 Å². The number of nitrogens with two attached hydrogens (primary N) is 1. The van der Waals surface area contributed by atoms with Gasteiger partial charge in [-0.05, 0) is 99.5 Å². The maximum absolute atomic E-state index is 15.1. The van der Waals surface area contributed by atoms with Gasteiger partial charge in [0.25, 0.3) is 0 Å². The predicted molar refractivity (Wildman–Crippen MR) is 273 cm³/mol. The number of hydrogen-bond acceptors (Lipinski definition) is 9. The van der Waals surface area contributed by atoms with Gasteiger partial charge >= 0.3 is 5.97 Å². The van der Waals surface area contributed by atoms with Gasteiger partial charge < -0.3 is 51.6 Å². The molecule has 17 nitrogen and oxygen atoms in total. The third-order valence-corrected chi connectivity index (χ3v) is 13.5. The molecular weight excluding hydrogens is 943 g/mol. The summed E-state index contributed by atoms with van der Waals surface area (Å²) in [5, 5.41) is 30.6. The smallest absolute Gasteiger partial charge is 0.326 e. The minimum Gasteiger partial charge on any atom is -0.480 e. The average molecular weight is 1020 g/mol. The van der Waals surface area contributed by atoms with Crippen LogP contribution in [0.15, 0.2) is 60.8 Å². The van der Waals surface area contributed by atoms with Crippen molar-refractivity contribution in [3.63, 3.8) is 0 Å². The van der Waals surface area contributed by atoms with Gasteiger partial charge in [0.2, 0.25) is 35.4 Å². The number of aliphatic carboxylic acids is 1. The average Bonchev–Trinajstić information content (AvgIpc) is 3.84. The zero-order valence-corrected chi connectivity index (χ0v) is 43.7. The van der Waals surface area contributed by atoms with E-state index in [4.69, 9.17) is 5.73 Å². The van der Waals surface area contributed by atoms with Crippen molar-refractivity contribution in [1.82, 2.24) is 35.6 Å². The lowest BCUT2D eigenvalue weighted by atomic mass is 9.82. The zero-order valence-electron chi connectivity index (χ0n) is 43.7. The summed E-state index contributed by atoms with van der Waals surface area (Å²) in [6, 6.07) is 9.36. The fourth-order valence-corrected chi connectivity index (χ4v) is 9.20. The van der Waals surface area contributed by atoms with Crippen LogP contribution in [-0.4, -0.2) is 122 Å². The van der Waals surface area contributed by atoms with Crippen LogP contribution in [-0.2, 0) is 40.1 Å². The molecule has 402 valence electrons. The maximum atomic E-state index is 15.1. The third kappa shape index (κ3) is 17.5. The van der Waals surface area contributed by atoms with E-state index in [2.05, 4.69) is 28.2 Å². The van der Waals surface area contributed by atoms with E-state index in [0.29, 0.717) is 49.5 Å². The van der Waals surface area contributed by atoms with Crippen molar-refractivity contribution in [2.45, 2.75) is 156 Å². The molecule has 7 atom stereocenters. The Morgan fingerprint density at radius 3 is 2.18 bits per heavy atom. The van der Waals surface area contributed by atoms with Crippen LogP contribution in [0.5, 0.6) is 0 Å². The number of aliphatic hydroxyl groups is 1. The molecule has 0 saturated carbocycles. The molecule has 4 rings (SSSR count). The van der Waals surface area contributed by atoms with Crippen LogP contribution in [0.3, 0.4) is 0 Å². The van der Waals surface area contributed by atoms with Gasteiger partial charge in [0.15, 0.2) is 0 Å². The highest BCUT2D eigenvalue weighted by Gasteiger charge is 2.38. The van der Waals surface area contributed by atoms with Crippen molar-refractivity contribution < 1.29 is 52.6 Å². The first-order valence-electron chi connectivity index (χ1n) is 25.5. The predicted octanol–water partition coefficient (Wildman–Crippen LogP) is 5.43. The fraction of sp³-hybridized carbons (Fsp3) is 0.574. The summed E-state index contributed by atoms with van der Waals surface area (Å²) in [6.07, 6.45) is 5.12. The first kappa shape index (κ1) is 59.4. The lowest BCUT2D eigenvalue weighted by Crippen LogP contribution is -2.56. The molecule has 0 radical (unpaired) electrons. The second kappa shape index (κ2) is 27.7. The lowest BCUT2D eigenvalue weighted by molar-refractivity contribution is -0.142. The molecule has 2 aromatic carbocycles. The van der Waals surface area contributed by atoms with E-state index >= 15 is 4.39 Å². The van der Waals surface area contributed by atoms with Crippen LogP contribution in [0.4, 0.5) is 8.78 Å². The molecule has 1 aliphatic rings. The van der Waals surface area contributed by atoms with Gasteiger partial charge in [-0.25, -0.2) is 13.6 Å². The Morgan fingerprint density at radius 2 is 1.56 bits per heavy atom. The van der Waals surface area contributed by atoms with Gasteiger partial charge in [0, 0.05) is 68.1 Å². The minimum atomic E-state index is -1.30. The molecule has 1 fully saturated rings. The largest absolute Gasteiger partial charge is 0.480 e. The van der Waals surface area contributed by atoms with Crippen LogP contribution in [0, 0.1) is 28.9 Å². The first-order valence-corrected chi connectivity index (χ1v) is 25.5. The van der Waals surface area contributed by atoms with Gasteiger partial charge in [-0.1, -0.05) is 78.3 Å². The number of benzene rings is 2. The molecule has 0 spiro atoms. The summed E-state index contributed by atoms with van der Waals surface area (Å²) in [4.78, 5) is 93.7. The number of halogens is 2. The summed E-state index contributed by atoms with van der Waals surface area (Å²) >= 11 is 0. The second-order valence-corrected chi connectivity index (χ2v) is 20.8. The SMILES string of the molecule is CC(NC(=O)[C@@H](NC(=O)CCCCCN1C(=O)CC(C)C1C)C(C)C)C(=O)NC(CCCCNC(=O)C(N)CCN(C(=O)CO)C(c1cc(-c2cc(F)ccc2F)cn1Cc1ccccc1)C(C)(C)C)C(=O)O. The van der Waals surface area contributed by atoms with E-state index in [1.165, 1.54) is 11.8 Å². The van der Waals surface area contributed by atoms with Crippen molar-refractivity contribution in [2.24, 2.45) is 23.0 Å². The molecule has 3 aromatic rings. The lowest BCUT2D eigenvalue weighted by Gasteiger charge is -2.41. The summed E-state index contributed by atoms with van der Waals surface area (Å²) in [7, 11) is 0.